The smallest absolute Gasteiger partial charge is 0.221 e. The van der Waals surface area contributed by atoms with Crippen molar-refractivity contribution in [2.24, 2.45) is 10.2 Å². The molecular formula is C29H38N10O2S2. The van der Waals surface area contributed by atoms with Crippen LogP contribution in [0.4, 0.5) is 22.7 Å². The third kappa shape index (κ3) is 7.93. The molecule has 0 atom stereocenters. The van der Waals surface area contributed by atoms with Crippen LogP contribution in [0.15, 0.2) is 67.3 Å². The molecule has 228 valence electrons. The third-order valence-electron chi connectivity index (χ3n) is 6.91. The number of methoxy groups -OCH3 is 1. The van der Waals surface area contributed by atoms with E-state index in [2.05, 4.69) is 52.6 Å². The summed E-state index contributed by atoms with van der Waals surface area (Å²) in [6.07, 6.45) is 8.90. The number of carbonyl (C=O) groups is 1. The maximum absolute atomic E-state index is 12.3. The van der Waals surface area contributed by atoms with Gasteiger partial charge in [-0.25, -0.2) is 9.97 Å². The standard InChI is InChI=1S/C28H34N10O2S2.CH4/c1-5-38(19-9-7-6-8-10-19)22-13-20(33-18(3)39)21(14-23(22)40-4)34-35-26-24(41-27-29-15-31-36-27)11-17(2)12-25(26)42-28-30-16-32-37-28;/h11-16,19H,5-10H2,1-4H3,(H,33,39)(H,29,31,36)(H,30,32,37);1H4. The highest BCUT2D eigenvalue weighted by Crippen LogP contribution is 2.45. The summed E-state index contributed by atoms with van der Waals surface area (Å²) >= 11 is 2.80. The van der Waals surface area contributed by atoms with Crippen LogP contribution in [-0.2, 0) is 4.79 Å². The number of rotatable bonds is 11. The lowest BCUT2D eigenvalue weighted by Gasteiger charge is -2.36. The zero-order valence-electron chi connectivity index (χ0n) is 24.0. The molecule has 2 aromatic carbocycles. The van der Waals surface area contributed by atoms with E-state index in [4.69, 9.17) is 9.85 Å². The summed E-state index contributed by atoms with van der Waals surface area (Å²) in [6, 6.07) is 8.27. The van der Waals surface area contributed by atoms with Crippen molar-refractivity contribution in [3.8, 4) is 5.75 Å². The van der Waals surface area contributed by atoms with Crippen molar-refractivity contribution in [3.05, 3.63) is 42.5 Å². The fourth-order valence-corrected chi connectivity index (χ4v) is 6.96. The van der Waals surface area contributed by atoms with E-state index in [1.807, 2.05) is 31.2 Å². The number of carbonyl (C=O) groups excluding carboxylic acids is 1. The SMILES string of the molecule is C.CCN(c1cc(NC(C)=O)c(N=Nc2c(Sc3ncn[nH]3)cc(C)cc2Sc2ncn[nH]2)cc1OC)C1CCCCC1. The Morgan fingerprint density at radius 1 is 1.02 bits per heavy atom. The molecule has 14 heteroatoms. The number of nitrogens with one attached hydrogen (secondary N) is 3. The van der Waals surface area contributed by atoms with E-state index in [1.165, 1.54) is 62.4 Å². The third-order valence-corrected chi connectivity index (χ3v) is 8.76. The van der Waals surface area contributed by atoms with Gasteiger partial charge in [-0.15, -0.1) is 10.2 Å². The van der Waals surface area contributed by atoms with Crippen LogP contribution in [-0.4, -0.2) is 56.0 Å². The number of amides is 1. The predicted octanol–water partition coefficient (Wildman–Crippen LogP) is 7.71. The quantitative estimate of drug-likeness (QED) is 0.143. The maximum atomic E-state index is 12.3. The first-order chi connectivity index (χ1) is 20.4. The summed E-state index contributed by atoms with van der Waals surface area (Å²) in [5.41, 5.74) is 3.64. The van der Waals surface area contributed by atoms with Gasteiger partial charge >= 0.3 is 0 Å². The Kier molecular flexibility index (Phi) is 11.2. The van der Waals surface area contributed by atoms with E-state index < -0.39 is 0 Å². The number of ether oxygens (including phenoxy) is 1. The van der Waals surface area contributed by atoms with E-state index in [0.717, 1.165) is 40.4 Å². The second-order valence-electron chi connectivity index (χ2n) is 9.90. The molecule has 0 unspecified atom stereocenters. The van der Waals surface area contributed by atoms with Crippen LogP contribution in [0.2, 0.25) is 0 Å². The van der Waals surface area contributed by atoms with Crippen LogP contribution < -0.4 is 15.0 Å². The highest BCUT2D eigenvalue weighted by molar-refractivity contribution is 8.00. The minimum absolute atomic E-state index is 0. The van der Waals surface area contributed by atoms with Gasteiger partial charge in [-0.1, -0.05) is 26.7 Å². The van der Waals surface area contributed by atoms with Gasteiger partial charge in [0.1, 0.15) is 29.8 Å². The van der Waals surface area contributed by atoms with Crippen molar-refractivity contribution in [3.63, 3.8) is 0 Å². The first-order valence-electron chi connectivity index (χ1n) is 13.8. The molecule has 43 heavy (non-hydrogen) atoms. The summed E-state index contributed by atoms with van der Waals surface area (Å²) in [5, 5.41) is 27.4. The molecule has 1 aliphatic carbocycles. The first kappa shape index (κ1) is 32.0. The number of aromatic nitrogens is 6. The Hall–Kier alpha value is -3.91. The van der Waals surface area contributed by atoms with Crippen molar-refractivity contribution >= 4 is 52.2 Å². The second-order valence-corrected chi connectivity index (χ2v) is 12.0. The molecule has 1 aliphatic rings. The lowest BCUT2D eigenvalue weighted by Crippen LogP contribution is -2.37. The van der Waals surface area contributed by atoms with Crippen molar-refractivity contribution in [1.29, 1.82) is 0 Å². The number of H-pyrrole nitrogens is 2. The molecule has 0 bridgehead atoms. The number of anilines is 2. The summed E-state index contributed by atoms with van der Waals surface area (Å²) in [4.78, 5) is 24.9. The van der Waals surface area contributed by atoms with Gasteiger partial charge in [-0.3, -0.25) is 15.0 Å². The number of benzene rings is 2. The molecule has 2 heterocycles. The van der Waals surface area contributed by atoms with E-state index in [9.17, 15) is 4.79 Å². The Balaban J connectivity index is 0.00000423. The zero-order valence-corrected chi connectivity index (χ0v) is 25.7. The van der Waals surface area contributed by atoms with Gasteiger partial charge in [0.2, 0.25) is 5.91 Å². The maximum Gasteiger partial charge on any atom is 0.221 e. The van der Waals surface area contributed by atoms with E-state index in [-0.39, 0.29) is 13.3 Å². The average Bonchev–Trinajstić information content (AvgIpc) is 3.69. The summed E-state index contributed by atoms with van der Waals surface area (Å²) in [5.74, 6) is 0.489. The molecule has 1 saturated carbocycles. The van der Waals surface area contributed by atoms with Crippen LogP contribution in [0.25, 0.3) is 0 Å². The highest BCUT2D eigenvalue weighted by atomic mass is 32.2. The number of nitrogens with zero attached hydrogens (tertiary/aromatic N) is 7. The monoisotopic (exact) mass is 622 g/mol. The summed E-state index contributed by atoms with van der Waals surface area (Å²) < 4.78 is 5.87. The largest absolute Gasteiger partial charge is 0.494 e. The molecule has 5 rings (SSSR count). The average molecular weight is 623 g/mol. The van der Waals surface area contributed by atoms with Crippen LogP contribution >= 0.6 is 23.5 Å². The van der Waals surface area contributed by atoms with Crippen molar-refractivity contribution < 1.29 is 9.53 Å². The molecule has 3 N–H and O–H groups in total. The number of hydrogen-bond donors (Lipinski definition) is 3. The van der Waals surface area contributed by atoms with Crippen LogP contribution in [0, 0.1) is 6.92 Å². The van der Waals surface area contributed by atoms with Gasteiger partial charge in [-0.2, -0.15) is 10.2 Å². The Morgan fingerprint density at radius 2 is 1.65 bits per heavy atom. The van der Waals surface area contributed by atoms with Crippen LogP contribution in [0.1, 0.15) is 58.9 Å². The number of aryl methyl sites for hydroxylation is 1. The van der Waals surface area contributed by atoms with Gasteiger partial charge in [0, 0.05) is 35.4 Å². The molecule has 0 aliphatic heterocycles. The molecule has 1 amide bonds. The summed E-state index contributed by atoms with van der Waals surface area (Å²) in [6.45, 7) is 6.48. The van der Waals surface area contributed by atoms with Crippen molar-refractivity contribution in [2.45, 2.75) is 86.4 Å². The van der Waals surface area contributed by atoms with Crippen molar-refractivity contribution in [1.82, 2.24) is 30.4 Å². The van der Waals surface area contributed by atoms with Gasteiger partial charge in [0.15, 0.2) is 10.3 Å². The molecule has 0 saturated heterocycles. The van der Waals surface area contributed by atoms with Crippen LogP contribution in [0.5, 0.6) is 5.75 Å². The number of azo groups is 1. The molecule has 1 fully saturated rings. The normalized spacial score (nSPS) is 13.6. The molecular weight excluding hydrogens is 585 g/mol. The molecule has 12 nitrogen and oxygen atoms in total. The fraction of sp³-hybridized carbons (Fsp3) is 0.414. The van der Waals surface area contributed by atoms with Gasteiger partial charge in [0.05, 0.1) is 18.5 Å². The minimum Gasteiger partial charge on any atom is -0.494 e. The second kappa shape index (κ2) is 15.0. The molecule has 0 radical (unpaired) electrons. The number of aromatic amines is 2. The Morgan fingerprint density at radius 3 is 2.16 bits per heavy atom. The molecule has 0 spiro atoms. The highest BCUT2D eigenvalue weighted by Gasteiger charge is 2.24. The predicted molar refractivity (Wildman–Crippen MR) is 170 cm³/mol. The molecule has 4 aromatic rings. The zero-order chi connectivity index (χ0) is 29.5. The first-order valence-corrected chi connectivity index (χ1v) is 15.5. The van der Waals surface area contributed by atoms with E-state index in [1.54, 1.807) is 7.11 Å². The van der Waals surface area contributed by atoms with E-state index >= 15 is 0 Å². The van der Waals surface area contributed by atoms with Gasteiger partial charge < -0.3 is 15.0 Å². The van der Waals surface area contributed by atoms with E-state index in [0.29, 0.717) is 39.2 Å². The van der Waals surface area contributed by atoms with Gasteiger partial charge in [-0.05, 0) is 74.0 Å². The lowest BCUT2D eigenvalue weighted by atomic mass is 9.93. The van der Waals surface area contributed by atoms with Crippen LogP contribution in [0.3, 0.4) is 0 Å². The molecule has 2 aromatic heterocycles. The lowest BCUT2D eigenvalue weighted by molar-refractivity contribution is -0.114. The van der Waals surface area contributed by atoms with Crippen molar-refractivity contribution in [2.75, 3.05) is 23.9 Å². The Labute approximate surface area is 260 Å². The fourth-order valence-electron chi connectivity index (χ4n) is 5.10. The van der Waals surface area contributed by atoms with Gasteiger partial charge in [0.25, 0.3) is 0 Å². The minimum atomic E-state index is -0.193. The Bertz CT molecular complexity index is 1460. The summed E-state index contributed by atoms with van der Waals surface area (Å²) in [7, 11) is 1.66. The topological polar surface area (TPSA) is 149 Å². The number of hydrogen-bond acceptors (Lipinski definition) is 11.